The number of ether oxygens (including phenoxy) is 1. The second-order valence-electron chi connectivity index (χ2n) is 4.59. The molecular weight excluding hydrogens is 230 g/mol. The molecule has 1 aliphatic heterocycles. The van der Waals surface area contributed by atoms with Crippen LogP contribution in [0.2, 0.25) is 0 Å². The first-order valence-electron chi connectivity index (χ1n) is 6.40. The molecule has 5 heteroatoms. The summed E-state index contributed by atoms with van der Waals surface area (Å²) < 4.78 is 5.05. The summed E-state index contributed by atoms with van der Waals surface area (Å²) in [4.78, 5) is 20.1. The van der Waals surface area contributed by atoms with Gasteiger partial charge in [-0.25, -0.2) is 9.97 Å². The van der Waals surface area contributed by atoms with E-state index in [9.17, 15) is 4.79 Å². The first kappa shape index (κ1) is 13.0. The molecule has 1 aliphatic rings. The van der Waals surface area contributed by atoms with Crippen LogP contribution in [0.4, 0.5) is 0 Å². The van der Waals surface area contributed by atoms with Gasteiger partial charge < -0.3 is 10.1 Å². The van der Waals surface area contributed by atoms with E-state index in [1.807, 2.05) is 0 Å². The van der Waals surface area contributed by atoms with Crippen molar-refractivity contribution in [2.75, 3.05) is 20.2 Å². The normalized spacial score (nSPS) is 19.5. The van der Waals surface area contributed by atoms with Crippen molar-refractivity contribution >= 4 is 5.78 Å². The molecule has 1 unspecified atom stereocenters. The van der Waals surface area contributed by atoms with Crippen LogP contribution in [0, 0.1) is 5.92 Å². The van der Waals surface area contributed by atoms with E-state index in [4.69, 9.17) is 4.74 Å². The minimum Gasteiger partial charge on any atom is -0.479 e. The van der Waals surface area contributed by atoms with Gasteiger partial charge in [-0.1, -0.05) is 0 Å². The zero-order valence-corrected chi connectivity index (χ0v) is 10.7. The monoisotopic (exact) mass is 249 g/mol. The van der Waals surface area contributed by atoms with Crippen molar-refractivity contribution in [1.82, 2.24) is 15.3 Å². The molecule has 1 N–H and O–H groups in total. The molecule has 1 fully saturated rings. The number of piperidine rings is 1. The van der Waals surface area contributed by atoms with Gasteiger partial charge >= 0.3 is 0 Å². The first-order valence-corrected chi connectivity index (χ1v) is 6.40. The van der Waals surface area contributed by atoms with Crippen LogP contribution in [0.1, 0.15) is 36.2 Å². The van der Waals surface area contributed by atoms with E-state index in [0.29, 0.717) is 23.9 Å². The van der Waals surface area contributed by atoms with Crippen molar-refractivity contribution < 1.29 is 9.53 Å². The molecule has 2 heterocycles. The molecule has 0 bridgehead atoms. The third kappa shape index (κ3) is 3.26. The second kappa shape index (κ2) is 6.44. The van der Waals surface area contributed by atoms with Gasteiger partial charge in [0.2, 0.25) is 5.88 Å². The van der Waals surface area contributed by atoms with E-state index < -0.39 is 0 Å². The van der Waals surface area contributed by atoms with Crippen LogP contribution < -0.4 is 10.1 Å². The van der Waals surface area contributed by atoms with Crippen LogP contribution in [0.5, 0.6) is 5.88 Å². The fourth-order valence-electron chi connectivity index (χ4n) is 2.29. The van der Waals surface area contributed by atoms with E-state index in [1.165, 1.54) is 32.3 Å². The number of methoxy groups -OCH3 is 1. The van der Waals surface area contributed by atoms with E-state index in [-0.39, 0.29) is 5.78 Å². The first-order chi connectivity index (χ1) is 8.81. The van der Waals surface area contributed by atoms with Crippen LogP contribution in [-0.4, -0.2) is 36.0 Å². The summed E-state index contributed by atoms with van der Waals surface area (Å²) >= 11 is 0. The lowest BCUT2D eigenvalue weighted by Gasteiger charge is -2.22. The lowest BCUT2D eigenvalue weighted by Crippen LogP contribution is -2.30. The Hall–Kier alpha value is -1.49. The van der Waals surface area contributed by atoms with Crippen molar-refractivity contribution in [3.8, 4) is 5.88 Å². The number of hydrogen-bond donors (Lipinski definition) is 1. The van der Waals surface area contributed by atoms with Crippen LogP contribution in [0.3, 0.4) is 0 Å². The summed E-state index contributed by atoms with van der Waals surface area (Å²) in [5.74, 6) is 0.945. The summed E-state index contributed by atoms with van der Waals surface area (Å²) in [6.07, 6.45) is 6.89. The maximum Gasteiger partial charge on any atom is 0.243 e. The number of ketones is 1. The zero-order chi connectivity index (χ0) is 12.8. The van der Waals surface area contributed by atoms with E-state index in [0.717, 1.165) is 19.5 Å². The fraction of sp³-hybridized carbons (Fsp3) is 0.615. The fourth-order valence-corrected chi connectivity index (χ4v) is 2.29. The summed E-state index contributed by atoms with van der Waals surface area (Å²) in [6, 6.07) is 0. The van der Waals surface area contributed by atoms with Gasteiger partial charge in [-0.3, -0.25) is 4.79 Å². The molecule has 0 aliphatic carbocycles. The van der Waals surface area contributed by atoms with E-state index >= 15 is 0 Å². The molecule has 0 radical (unpaired) electrons. The number of hydrogen-bond acceptors (Lipinski definition) is 5. The van der Waals surface area contributed by atoms with Gasteiger partial charge in [-0.2, -0.15) is 0 Å². The third-order valence-corrected chi connectivity index (χ3v) is 3.30. The largest absolute Gasteiger partial charge is 0.479 e. The predicted octanol–water partition coefficient (Wildman–Crippen LogP) is 1.45. The zero-order valence-electron chi connectivity index (χ0n) is 10.7. The maximum absolute atomic E-state index is 12.1. The summed E-state index contributed by atoms with van der Waals surface area (Å²) in [5, 5.41) is 3.36. The Balaban J connectivity index is 1.90. The lowest BCUT2D eigenvalue weighted by molar-refractivity contribution is 0.0962. The molecule has 5 nitrogen and oxygen atoms in total. The van der Waals surface area contributed by atoms with Crippen molar-refractivity contribution in [3.05, 3.63) is 18.1 Å². The van der Waals surface area contributed by atoms with Gasteiger partial charge in [0, 0.05) is 18.8 Å². The highest BCUT2D eigenvalue weighted by Crippen LogP contribution is 2.19. The van der Waals surface area contributed by atoms with E-state index in [2.05, 4.69) is 15.3 Å². The molecular formula is C13H19N3O2. The molecule has 98 valence electrons. The molecule has 0 spiro atoms. The Bertz CT molecular complexity index is 403. The predicted molar refractivity (Wildman–Crippen MR) is 67.7 cm³/mol. The number of nitrogens with one attached hydrogen (secondary N) is 1. The Kier molecular flexibility index (Phi) is 4.64. The number of rotatable bonds is 5. The minimum absolute atomic E-state index is 0.0190. The van der Waals surface area contributed by atoms with Crippen molar-refractivity contribution in [2.45, 2.75) is 25.7 Å². The molecule has 0 amide bonds. The summed E-state index contributed by atoms with van der Waals surface area (Å²) in [6.45, 7) is 2.12. The Labute approximate surface area is 107 Å². The number of carbonyl (C=O) groups is 1. The smallest absolute Gasteiger partial charge is 0.243 e. The second-order valence-corrected chi connectivity index (χ2v) is 4.59. The highest BCUT2D eigenvalue weighted by atomic mass is 16.5. The Morgan fingerprint density at radius 2 is 2.33 bits per heavy atom. The van der Waals surface area contributed by atoms with Crippen molar-refractivity contribution in [3.63, 3.8) is 0 Å². The lowest BCUT2D eigenvalue weighted by atomic mass is 9.93. The maximum atomic E-state index is 12.1. The van der Waals surface area contributed by atoms with Gasteiger partial charge in [-0.05, 0) is 38.3 Å². The van der Waals surface area contributed by atoms with Crippen LogP contribution in [-0.2, 0) is 0 Å². The highest BCUT2D eigenvalue weighted by Gasteiger charge is 2.18. The molecule has 0 saturated carbocycles. The third-order valence-electron chi connectivity index (χ3n) is 3.30. The number of carbonyl (C=O) groups excluding carboxylic acids is 1. The van der Waals surface area contributed by atoms with E-state index in [1.54, 1.807) is 0 Å². The average Bonchev–Trinajstić information content (AvgIpc) is 2.45. The topological polar surface area (TPSA) is 64.1 Å². The molecule has 18 heavy (non-hydrogen) atoms. The molecule has 1 aromatic heterocycles. The minimum atomic E-state index is 0.0190. The molecule has 2 rings (SSSR count). The molecule has 1 atom stereocenters. The average molecular weight is 249 g/mol. The van der Waals surface area contributed by atoms with Gasteiger partial charge in [0.05, 0.1) is 7.11 Å². The van der Waals surface area contributed by atoms with Crippen molar-refractivity contribution in [1.29, 1.82) is 0 Å². The Morgan fingerprint density at radius 1 is 1.50 bits per heavy atom. The quantitative estimate of drug-likeness (QED) is 0.800. The van der Waals surface area contributed by atoms with Crippen LogP contribution >= 0.6 is 0 Å². The summed E-state index contributed by atoms with van der Waals surface area (Å²) in [7, 11) is 1.51. The molecule has 1 aromatic rings. The number of Topliss-reactive ketones (excluding diaryl/α,β-unsaturated/α-hetero) is 1. The van der Waals surface area contributed by atoms with Crippen molar-refractivity contribution in [2.24, 2.45) is 5.92 Å². The molecule has 0 aromatic carbocycles. The number of nitrogens with zero attached hydrogens (tertiary/aromatic N) is 2. The van der Waals surface area contributed by atoms with Crippen LogP contribution in [0.25, 0.3) is 0 Å². The van der Waals surface area contributed by atoms with Gasteiger partial charge in [0.1, 0.15) is 0 Å². The van der Waals surface area contributed by atoms with Gasteiger partial charge in [-0.15, -0.1) is 0 Å². The SMILES string of the molecule is COc1nccnc1C(=O)CCC1CCCNC1. The standard InChI is InChI=1S/C13H19N3O2/c1-18-13-12(15-7-8-16-13)11(17)5-4-10-3-2-6-14-9-10/h7-8,10,14H,2-6,9H2,1H3. The number of aromatic nitrogens is 2. The Morgan fingerprint density at radius 3 is 3.06 bits per heavy atom. The molecule has 1 saturated heterocycles. The summed E-state index contributed by atoms with van der Waals surface area (Å²) in [5.41, 5.74) is 0.351. The van der Waals surface area contributed by atoms with Gasteiger partial charge in [0.25, 0.3) is 0 Å². The van der Waals surface area contributed by atoms with Crippen LogP contribution in [0.15, 0.2) is 12.4 Å². The van der Waals surface area contributed by atoms with Gasteiger partial charge in [0.15, 0.2) is 11.5 Å². The highest BCUT2D eigenvalue weighted by molar-refractivity contribution is 5.96.